The zero-order valence-corrected chi connectivity index (χ0v) is 12.4. The largest absolute Gasteiger partial charge is 0.369 e. The first-order valence-electron chi connectivity index (χ1n) is 6.55. The molecule has 0 aliphatic carbocycles. The third kappa shape index (κ3) is 2.79. The van der Waals surface area contributed by atoms with Gasteiger partial charge in [-0.05, 0) is 23.4 Å². The van der Waals surface area contributed by atoms with Crippen LogP contribution in [-0.4, -0.2) is 5.91 Å². The molecule has 1 unspecified atom stereocenters. The van der Waals surface area contributed by atoms with Crippen molar-refractivity contribution in [3.8, 4) is 0 Å². The monoisotopic (exact) mass is 290 g/mol. The molecule has 0 saturated heterocycles. The fourth-order valence-corrected chi connectivity index (χ4v) is 2.60. The predicted molar refractivity (Wildman–Crippen MR) is 83.5 cm³/mol. The van der Waals surface area contributed by atoms with Gasteiger partial charge in [-0.25, -0.2) is 0 Å². The third-order valence-electron chi connectivity index (χ3n) is 3.70. The molecule has 0 aliphatic rings. The lowest BCUT2D eigenvalue weighted by Crippen LogP contribution is -2.34. The fraction of sp³-hybridized carbons (Fsp3) is 0.312. The van der Waals surface area contributed by atoms with Crippen LogP contribution in [-0.2, 0) is 4.79 Å². The highest BCUT2D eigenvalue weighted by Crippen LogP contribution is 2.34. The van der Waals surface area contributed by atoms with Gasteiger partial charge in [-0.15, -0.1) is 0 Å². The summed E-state index contributed by atoms with van der Waals surface area (Å²) in [5, 5.41) is 2.69. The molecule has 20 heavy (non-hydrogen) atoms. The molecule has 0 aromatic heterocycles. The van der Waals surface area contributed by atoms with Crippen LogP contribution in [0.5, 0.6) is 0 Å². The smallest absolute Gasteiger partial charge is 0.223 e. The number of primary amides is 1. The van der Waals surface area contributed by atoms with Gasteiger partial charge in [0, 0.05) is 21.9 Å². The van der Waals surface area contributed by atoms with Crippen LogP contribution in [0.1, 0.15) is 31.9 Å². The summed E-state index contributed by atoms with van der Waals surface area (Å²) in [4.78, 5) is 11.5. The zero-order chi connectivity index (χ0) is 14.9. The predicted octanol–water partition coefficient (Wildman–Crippen LogP) is 3.39. The van der Waals surface area contributed by atoms with E-state index in [1.54, 1.807) is 0 Å². The summed E-state index contributed by atoms with van der Waals surface area (Å²) in [6.07, 6.45) is 0.494. The second-order valence-electron chi connectivity index (χ2n) is 5.74. The molecule has 0 radical (unpaired) electrons. The molecule has 1 amide bonds. The molecule has 0 fully saturated rings. The lowest BCUT2D eigenvalue weighted by atomic mass is 9.82. The van der Waals surface area contributed by atoms with Crippen LogP contribution in [0.15, 0.2) is 36.4 Å². The molecule has 0 aliphatic heterocycles. The van der Waals surface area contributed by atoms with E-state index in [0.29, 0.717) is 11.4 Å². The fourth-order valence-electron chi connectivity index (χ4n) is 2.37. The Morgan fingerprint density at radius 3 is 2.40 bits per heavy atom. The zero-order valence-electron chi connectivity index (χ0n) is 11.7. The maximum Gasteiger partial charge on any atom is 0.223 e. The minimum Gasteiger partial charge on any atom is -0.369 e. The van der Waals surface area contributed by atoms with E-state index in [1.807, 2.05) is 50.2 Å². The first-order chi connectivity index (χ1) is 9.33. The standard InChI is InChI=1S/C16H19ClN2O/c1-16(2,15(19)20)9-14(18)12-7-8-13(17)11-6-4-3-5-10(11)12/h3-8,14H,9,18H2,1-2H3,(H2,19,20). The van der Waals surface area contributed by atoms with Gasteiger partial charge in [0.25, 0.3) is 0 Å². The molecule has 2 aromatic rings. The van der Waals surface area contributed by atoms with Crippen molar-refractivity contribution >= 4 is 28.3 Å². The number of amides is 1. The molecule has 0 spiro atoms. The lowest BCUT2D eigenvalue weighted by molar-refractivity contribution is -0.126. The molecule has 0 bridgehead atoms. The number of benzene rings is 2. The van der Waals surface area contributed by atoms with Crippen LogP contribution >= 0.6 is 11.6 Å². The van der Waals surface area contributed by atoms with Crippen LogP contribution in [0.4, 0.5) is 0 Å². The van der Waals surface area contributed by atoms with Crippen LogP contribution in [0.2, 0.25) is 5.02 Å². The van der Waals surface area contributed by atoms with Gasteiger partial charge in [-0.1, -0.05) is 55.8 Å². The maximum atomic E-state index is 11.5. The number of hydrogen-bond acceptors (Lipinski definition) is 2. The number of carbonyl (C=O) groups excluding carboxylic acids is 1. The highest BCUT2D eigenvalue weighted by Gasteiger charge is 2.28. The molecular formula is C16H19ClN2O. The minimum atomic E-state index is -0.639. The summed E-state index contributed by atoms with van der Waals surface area (Å²) < 4.78 is 0. The molecule has 0 heterocycles. The lowest BCUT2D eigenvalue weighted by Gasteiger charge is -2.25. The Bertz CT molecular complexity index is 652. The van der Waals surface area contributed by atoms with Crippen LogP contribution in [0, 0.1) is 5.41 Å². The van der Waals surface area contributed by atoms with Crippen LogP contribution in [0.3, 0.4) is 0 Å². The van der Waals surface area contributed by atoms with E-state index in [4.69, 9.17) is 23.1 Å². The molecule has 3 nitrogen and oxygen atoms in total. The summed E-state index contributed by atoms with van der Waals surface area (Å²) in [5.74, 6) is -0.341. The Kier molecular flexibility index (Phi) is 4.02. The summed E-state index contributed by atoms with van der Waals surface area (Å²) in [7, 11) is 0. The van der Waals surface area contributed by atoms with Gasteiger partial charge < -0.3 is 11.5 Å². The van der Waals surface area contributed by atoms with Crippen molar-refractivity contribution in [1.29, 1.82) is 0 Å². The first-order valence-corrected chi connectivity index (χ1v) is 6.93. The van der Waals surface area contributed by atoms with Crippen molar-refractivity contribution in [2.24, 2.45) is 16.9 Å². The van der Waals surface area contributed by atoms with E-state index >= 15 is 0 Å². The number of halogens is 1. The van der Waals surface area contributed by atoms with E-state index in [9.17, 15) is 4.79 Å². The van der Waals surface area contributed by atoms with Gasteiger partial charge in [0.05, 0.1) is 0 Å². The van der Waals surface area contributed by atoms with Gasteiger partial charge >= 0.3 is 0 Å². The Hall–Kier alpha value is -1.58. The minimum absolute atomic E-state index is 0.264. The molecular weight excluding hydrogens is 272 g/mol. The first kappa shape index (κ1) is 14.8. The number of fused-ring (bicyclic) bond motifs is 1. The molecule has 106 valence electrons. The summed E-state index contributed by atoms with van der Waals surface area (Å²) in [6.45, 7) is 3.63. The Balaban J connectivity index is 2.43. The van der Waals surface area contributed by atoms with E-state index < -0.39 is 5.41 Å². The van der Waals surface area contributed by atoms with Gasteiger partial charge in [-0.3, -0.25) is 4.79 Å². The van der Waals surface area contributed by atoms with E-state index in [0.717, 1.165) is 16.3 Å². The summed E-state index contributed by atoms with van der Waals surface area (Å²) in [6, 6.07) is 11.4. The molecule has 2 rings (SSSR count). The van der Waals surface area contributed by atoms with Crippen molar-refractivity contribution in [2.75, 3.05) is 0 Å². The maximum absolute atomic E-state index is 11.5. The highest BCUT2D eigenvalue weighted by atomic mass is 35.5. The van der Waals surface area contributed by atoms with Crippen molar-refractivity contribution in [2.45, 2.75) is 26.3 Å². The Morgan fingerprint density at radius 1 is 1.20 bits per heavy atom. The van der Waals surface area contributed by atoms with E-state index in [2.05, 4.69) is 0 Å². The molecule has 2 aromatic carbocycles. The van der Waals surface area contributed by atoms with Crippen LogP contribution in [0.25, 0.3) is 10.8 Å². The van der Waals surface area contributed by atoms with Crippen molar-refractivity contribution in [1.82, 2.24) is 0 Å². The van der Waals surface area contributed by atoms with Crippen molar-refractivity contribution in [3.05, 3.63) is 47.0 Å². The summed E-state index contributed by atoms with van der Waals surface area (Å²) >= 11 is 6.20. The Morgan fingerprint density at radius 2 is 1.80 bits per heavy atom. The molecule has 1 atom stereocenters. The highest BCUT2D eigenvalue weighted by molar-refractivity contribution is 6.35. The average molecular weight is 291 g/mol. The number of carbonyl (C=O) groups is 1. The van der Waals surface area contributed by atoms with Gasteiger partial charge in [0.2, 0.25) is 5.91 Å². The number of nitrogens with two attached hydrogens (primary N) is 2. The van der Waals surface area contributed by atoms with Gasteiger partial charge in [0.15, 0.2) is 0 Å². The van der Waals surface area contributed by atoms with Crippen molar-refractivity contribution < 1.29 is 4.79 Å². The van der Waals surface area contributed by atoms with Gasteiger partial charge in [0.1, 0.15) is 0 Å². The molecule has 0 saturated carbocycles. The van der Waals surface area contributed by atoms with Crippen LogP contribution < -0.4 is 11.5 Å². The Labute approximate surface area is 123 Å². The quantitative estimate of drug-likeness (QED) is 0.906. The normalized spacial score (nSPS) is 13.4. The number of rotatable bonds is 4. The molecule has 4 N–H and O–H groups in total. The van der Waals surface area contributed by atoms with E-state index in [1.165, 1.54) is 0 Å². The van der Waals surface area contributed by atoms with E-state index in [-0.39, 0.29) is 11.9 Å². The average Bonchev–Trinajstić information content (AvgIpc) is 2.38. The number of hydrogen-bond donors (Lipinski definition) is 2. The molecule has 4 heteroatoms. The third-order valence-corrected chi connectivity index (χ3v) is 4.03. The topological polar surface area (TPSA) is 69.1 Å². The second kappa shape index (κ2) is 5.43. The van der Waals surface area contributed by atoms with Crippen molar-refractivity contribution in [3.63, 3.8) is 0 Å². The summed E-state index contributed by atoms with van der Waals surface area (Å²) in [5.41, 5.74) is 12.0. The SMILES string of the molecule is CC(C)(CC(N)c1ccc(Cl)c2ccccc12)C(N)=O. The van der Waals surface area contributed by atoms with Gasteiger partial charge in [-0.2, -0.15) is 0 Å². The second-order valence-corrected chi connectivity index (χ2v) is 6.15.